The lowest BCUT2D eigenvalue weighted by Crippen LogP contribution is -2.39. The molecule has 0 aromatic heterocycles. The number of amides is 1. The molecule has 1 amide bonds. The van der Waals surface area contributed by atoms with Crippen molar-refractivity contribution in [3.8, 4) is 5.75 Å². The molecule has 0 aliphatic rings. The van der Waals surface area contributed by atoms with E-state index in [2.05, 4.69) is 5.32 Å². The van der Waals surface area contributed by atoms with Crippen molar-refractivity contribution in [1.29, 1.82) is 0 Å². The molecule has 2 rings (SSSR count). The largest absolute Gasteiger partial charge is 0.495 e. The van der Waals surface area contributed by atoms with Gasteiger partial charge in [-0.15, -0.1) is 0 Å². The topological polar surface area (TPSA) is 84.7 Å². The normalized spacial score (nSPS) is 11.9. The van der Waals surface area contributed by atoms with Gasteiger partial charge >= 0.3 is 0 Å². The first kappa shape index (κ1) is 20.6. The number of nitrogens with zero attached hydrogens (tertiary/aromatic N) is 2. The molecule has 2 aromatic rings. The number of nitrogens with one attached hydrogen (secondary N) is 1. The van der Waals surface area contributed by atoms with Crippen molar-refractivity contribution < 1.29 is 18.8 Å². The lowest BCUT2D eigenvalue weighted by molar-refractivity contribution is -0.384. The number of ether oxygens (including phenoxy) is 1. The Balaban J connectivity index is 2.15. The molecule has 0 saturated heterocycles. The Kier molecular flexibility index (Phi) is 6.70. The number of carbonyl (C=O) groups excluding carboxylic acids is 1. The Morgan fingerprint density at radius 1 is 1.41 bits per heavy atom. The molecule has 0 aliphatic carbocycles. The Morgan fingerprint density at radius 3 is 2.70 bits per heavy atom. The monoisotopic (exact) mass is 395 g/mol. The summed E-state index contributed by atoms with van der Waals surface area (Å²) in [5.41, 5.74) is 0.292. The number of non-ortho nitro benzene ring substituents is 1. The van der Waals surface area contributed by atoms with Gasteiger partial charge in [-0.2, -0.15) is 0 Å². The number of carbonyl (C=O) groups is 1. The minimum absolute atomic E-state index is 0.117. The summed E-state index contributed by atoms with van der Waals surface area (Å²) in [6.07, 6.45) is 0. The Hall–Kier alpha value is -2.71. The van der Waals surface area contributed by atoms with Crippen molar-refractivity contribution in [2.45, 2.75) is 19.5 Å². The van der Waals surface area contributed by atoms with Crippen molar-refractivity contribution in [2.75, 3.05) is 19.5 Å². The Labute approximate surface area is 160 Å². The zero-order valence-corrected chi connectivity index (χ0v) is 15.8. The average Bonchev–Trinajstić information content (AvgIpc) is 2.63. The molecular formula is C18H19ClFN3O4. The van der Waals surface area contributed by atoms with E-state index in [1.807, 2.05) is 0 Å². The fraction of sp³-hybridized carbons (Fsp3) is 0.278. The second-order valence-corrected chi connectivity index (χ2v) is 6.33. The highest BCUT2D eigenvalue weighted by molar-refractivity contribution is 6.31. The first-order valence-corrected chi connectivity index (χ1v) is 8.38. The van der Waals surface area contributed by atoms with Crippen molar-refractivity contribution in [3.05, 3.63) is 62.9 Å². The molecule has 0 radical (unpaired) electrons. The molecule has 0 aliphatic heterocycles. The van der Waals surface area contributed by atoms with E-state index in [1.165, 1.54) is 37.4 Å². The highest BCUT2D eigenvalue weighted by Gasteiger charge is 2.22. The maximum atomic E-state index is 13.9. The van der Waals surface area contributed by atoms with E-state index in [9.17, 15) is 19.3 Å². The van der Waals surface area contributed by atoms with E-state index in [1.54, 1.807) is 24.9 Å². The number of nitro benzene ring substituents is 1. The van der Waals surface area contributed by atoms with Gasteiger partial charge in [0.05, 0.1) is 23.8 Å². The van der Waals surface area contributed by atoms with Crippen LogP contribution in [0.2, 0.25) is 5.02 Å². The van der Waals surface area contributed by atoms with Gasteiger partial charge in [-0.05, 0) is 32.2 Å². The molecule has 0 spiro atoms. The molecule has 1 atom stereocenters. The van der Waals surface area contributed by atoms with Gasteiger partial charge in [0.15, 0.2) is 0 Å². The molecule has 0 fully saturated rings. The lowest BCUT2D eigenvalue weighted by atomic mass is 10.1. The van der Waals surface area contributed by atoms with Crippen molar-refractivity contribution >= 4 is 28.9 Å². The Bertz CT molecular complexity index is 842. The summed E-state index contributed by atoms with van der Waals surface area (Å²) < 4.78 is 19.1. The third-order valence-electron chi connectivity index (χ3n) is 4.16. The molecule has 144 valence electrons. The van der Waals surface area contributed by atoms with Gasteiger partial charge in [0.1, 0.15) is 11.6 Å². The number of anilines is 1. The summed E-state index contributed by atoms with van der Waals surface area (Å²) in [5, 5.41) is 13.8. The van der Waals surface area contributed by atoms with Gasteiger partial charge in [0, 0.05) is 29.3 Å². The Morgan fingerprint density at radius 2 is 2.11 bits per heavy atom. The number of methoxy groups -OCH3 is 1. The molecule has 1 N–H and O–H groups in total. The SMILES string of the molecule is COc1ccc([N+](=O)[O-])cc1NC(=O)[C@@H](C)N(C)Cc1c(F)cccc1Cl. The van der Waals surface area contributed by atoms with E-state index >= 15 is 0 Å². The van der Waals surface area contributed by atoms with Gasteiger partial charge in [0.2, 0.25) is 5.91 Å². The molecule has 0 bridgehead atoms. The van der Waals surface area contributed by atoms with E-state index in [-0.39, 0.29) is 28.5 Å². The van der Waals surface area contributed by atoms with E-state index < -0.39 is 22.7 Å². The summed E-state index contributed by atoms with van der Waals surface area (Å²) >= 11 is 6.03. The van der Waals surface area contributed by atoms with Crippen LogP contribution in [0.4, 0.5) is 15.8 Å². The van der Waals surface area contributed by atoms with E-state index in [0.717, 1.165) is 0 Å². The standard InChI is InChI=1S/C18H19ClFN3O4/c1-11(22(2)10-13-14(19)5-4-6-15(13)20)18(24)21-16-9-12(23(25)26)7-8-17(16)27-3/h4-9,11H,10H2,1-3H3,(H,21,24)/t11-/m1/s1. The van der Waals surface area contributed by atoms with Gasteiger partial charge in [-0.1, -0.05) is 17.7 Å². The summed E-state index contributed by atoms with van der Waals surface area (Å²) in [7, 11) is 3.05. The van der Waals surface area contributed by atoms with Crippen molar-refractivity contribution in [3.63, 3.8) is 0 Å². The minimum Gasteiger partial charge on any atom is -0.495 e. The van der Waals surface area contributed by atoms with Crippen LogP contribution in [0.3, 0.4) is 0 Å². The van der Waals surface area contributed by atoms with Gasteiger partial charge < -0.3 is 10.1 Å². The fourth-order valence-electron chi connectivity index (χ4n) is 2.41. The van der Waals surface area contributed by atoms with Crippen LogP contribution in [0.15, 0.2) is 36.4 Å². The zero-order valence-electron chi connectivity index (χ0n) is 15.0. The van der Waals surface area contributed by atoms with Gasteiger partial charge in [-0.3, -0.25) is 19.8 Å². The minimum atomic E-state index is -0.662. The lowest BCUT2D eigenvalue weighted by Gasteiger charge is -2.24. The van der Waals surface area contributed by atoms with Crippen LogP contribution in [0.25, 0.3) is 0 Å². The highest BCUT2D eigenvalue weighted by Crippen LogP contribution is 2.29. The van der Waals surface area contributed by atoms with Crippen LogP contribution < -0.4 is 10.1 Å². The van der Waals surface area contributed by atoms with Crippen molar-refractivity contribution in [2.24, 2.45) is 0 Å². The summed E-state index contributed by atoms with van der Waals surface area (Å²) in [4.78, 5) is 24.6. The average molecular weight is 396 g/mol. The third kappa shape index (κ3) is 4.93. The van der Waals surface area contributed by atoms with E-state index in [4.69, 9.17) is 16.3 Å². The molecule has 0 unspecified atom stereocenters. The maximum absolute atomic E-state index is 13.9. The highest BCUT2D eigenvalue weighted by atomic mass is 35.5. The number of rotatable bonds is 7. The predicted molar refractivity (Wildman–Crippen MR) is 101 cm³/mol. The molecule has 9 heteroatoms. The van der Waals surface area contributed by atoms with Crippen LogP contribution in [-0.4, -0.2) is 35.9 Å². The van der Waals surface area contributed by atoms with Crippen LogP contribution in [0, 0.1) is 15.9 Å². The third-order valence-corrected chi connectivity index (χ3v) is 4.52. The molecule has 27 heavy (non-hydrogen) atoms. The summed E-state index contributed by atoms with van der Waals surface area (Å²) in [5.74, 6) is -0.591. The quantitative estimate of drug-likeness (QED) is 0.568. The van der Waals surface area contributed by atoms with Crippen LogP contribution >= 0.6 is 11.6 Å². The van der Waals surface area contributed by atoms with Crippen LogP contribution in [0.1, 0.15) is 12.5 Å². The van der Waals surface area contributed by atoms with E-state index in [0.29, 0.717) is 5.75 Å². The predicted octanol–water partition coefficient (Wildman–Crippen LogP) is 3.85. The van der Waals surface area contributed by atoms with Gasteiger partial charge in [-0.25, -0.2) is 4.39 Å². The number of likely N-dealkylation sites (N-methyl/N-ethyl adjacent to an activating group) is 1. The molecular weight excluding hydrogens is 377 g/mol. The number of hydrogen-bond acceptors (Lipinski definition) is 5. The first-order valence-electron chi connectivity index (χ1n) is 8.01. The molecule has 0 saturated carbocycles. The van der Waals surface area contributed by atoms with Crippen LogP contribution in [-0.2, 0) is 11.3 Å². The first-order chi connectivity index (χ1) is 12.7. The molecule has 0 heterocycles. The second kappa shape index (κ2) is 8.79. The fourth-order valence-corrected chi connectivity index (χ4v) is 2.64. The number of hydrogen-bond donors (Lipinski definition) is 1. The smallest absolute Gasteiger partial charge is 0.271 e. The van der Waals surface area contributed by atoms with Crippen molar-refractivity contribution in [1.82, 2.24) is 4.90 Å². The number of halogens is 2. The molecule has 7 nitrogen and oxygen atoms in total. The number of nitro groups is 1. The summed E-state index contributed by atoms with van der Waals surface area (Å²) in [6, 6.07) is 7.62. The van der Waals surface area contributed by atoms with Gasteiger partial charge in [0.25, 0.3) is 5.69 Å². The summed E-state index contributed by atoms with van der Waals surface area (Å²) in [6.45, 7) is 1.75. The second-order valence-electron chi connectivity index (χ2n) is 5.92. The van der Waals surface area contributed by atoms with Crippen LogP contribution in [0.5, 0.6) is 5.75 Å². The zero-order chi connectivity index (χ0) is 20.1. The molecule has 2 aromatic carbocycles. The number of benzene rings is 2. The maximum Gasteiger partial charge on any atom is 0.271 e.